The predicted octanol–water partition coefficient (Wildman–Crippen LogP) is 2.46. The molecule has 1 aromatic carbocycles. The molecule has 1 unspecified atom stereocenters. The van der Waals surface area contributed by atoms with E-state index in [0.717, 1.165) is 10.9 Å². The first kappa shape index (κ1) is 13.9. The van der Waals surface area contributed by atoms with Gasteiger partial charge in [0.15, 0.2) is 0 Å². The van der Waals surface area contributed by atoms with E-state index < -0.39 is 5.78 Å². The number of ether oxygens (including phenoxy) is 1. The maximum atomic E-state index is 12.3. The second-order valence-electron chi connectivity index (χ2n) is 5.20. The van der Waals surface area contributed by atoms with Crippen molar-refractivity contribution in [2.24, 2.45) is 0 Å². The van der Waals surface area contributed by atoms with E-state index in [1.807, 2.05) is 12.1 Å². The Morgan fingerprint density at radius 2 is 1.91 bits per heavy atom. The second kappa shape index (κ2) is 5.50. The van der Waals surface area contributed by atoms with Crippen LogP contribution in [-0.4, -0.2) is 32.6 Å². The van der Waals surface area contributed by atoms with Gasteiger partial charge in [-0.2, -0.15) is 0 Å². The van der Waals surface area contributed by atoms with Crippen molar-refractivity contribution >= 4 is 47.4 Å². The van der Waals surface area contributed by atoms with E-state index in [0.29, 0.717) is 38.3 Å². The Hall–Kier alpha value is -1.68. The minimum atomic E-state index is -0.401. The third-order valence-electron chi connectivity index (χ3n) is 3.79. The SMILES string of the molecule is O=C1C(=O)c2ccccc2C2=C1CC(C[Se]c1cccs1)O2. The van der Waals surface area contributed by atoms with E-state index in [1.165, 1.54) is 3.78 Å². The Kier molecular flexibility index (Phi) is 3.49. The summed E-state index contributed by atoms with van der Waals surface area (Å²) in [6.07, 6.45) is 0.566. The van der Waals surface area contributed by atoms with E-state index >= 15 is 0 Å². The van der Waals surface area contributed by atoms with E-state index in [9.17, 15) is 9.59 Å². The van der Waals surface area contributed by atoms with Crippen LogP contribution in [0.15, 0.2) is 47.4 Å². The molecule has 2 heterocycles. The van der Waals surface area contributed by atoms with Crippen LogP contribution in [0, 0.1) is 0 Å². The zero-order valence-electron chi connectivity index (χ0n) is 11.6. The molecule has 0 saturated carbocycles. The number of hydrogen-bond donors (Lipinski definition) is 0. The summed E-state index contributed by atoms with van der Waals surface area (Å²) < 4.78 is 7.41. The van der Waals surface area contributed by atoms with Gasteiger partial charge in [0, 0.05) is 0 Å². The molecule has 0 saturated heterocycles. The predicted molar refractivity (Wildman–Crippen MR) is 86.7 cm³/mol. The van der Waals surface area contributed by atoms with Crippen molar-refractivity contribution in [2.75, 3.05) is 0 Å². The monoisotopic (exact) mass is 376 g/mol. The fraction of sp³-hybridized carbons (Fsp3) is 0.176. The fourth-order valence-corrected chi connectivity index (χ4v) is 5.91. The van der Waals surface area contributed by atoms with Gasteiger partial charge in [-0.15, -0.1) is 0 Å². The Bertz CT molecular complexity index is 792. The van der Waals surface area contributed by atoms with Gasteiger partial charge in [0.1, 0.15) is 0 Å². The summed E-state index contributed by atoms with van der Waals surface area (Å²) in [7, 11) is 0. The number of ketones is 2. The Balaban J connectivity index is 1.58. The Morgan fingerprint density at radius 1 is 1.09 bits per heavy atom. The van der Waals surface area contributed by atoms with Gasteiger partial charge in [-0.25, -0.2) is 0 Å². The molecule has 0 fully saturated rings. The molecule has 1 aromatic heterocycles. The first-order valence-corrected chi connectivity index (χ1v) is 9.93. The fourth-order valence-electron chi connectivity index (χ4n) is 2.77. The molecule has 4 rings (SSSR count). The van der Waals surface area contributed by atoms with Gasteiger partial charge in [-0.3, -0.25) is 0 Å². The van der Waals surface area contributed by atoms with Gasteiger partial charge in [0.2, 0.25) is 0 Å². The van der Waals surface area contributed by atoms with Crippen molar-refractivity contribution in [1.29, 1.82) is 0 Å². The van der Waals surface area contributed by atoms with Gasteiger partial charge in [-0.1, -0.05) is 0 Å². The first-order chi connectivity index (χ1) is 10.7. The number of carbonyl (C=O) groups excluding carboxylic acids is 2. The molecular weight excluding hydrogens is 363 g/mol. The van der Waals surface area contributed by atoms with Gasteiger partial charge in [0.05, 0.1) is 0 Å². The molecule has 3 nitrogen and oxygen atoms in total. The average molecular weight is 375 g/mol. The summed E-state index contributed by atoms with van der Waals surface area (Å²) in [5.74, 6) is -0.158. The van der Waals surface area contributed by atoms with Crippen LogP contribution in [0.3, 0.4) is 0 Å². The van der Waals surface area contributed by atoms with Crippen molar-refractivity contribution in [3.05, 3.63) is 58.5 Å². The van der Waals surface area contributed by atoms with Crippen LogP contribution in [0.25, 0.3) is 5.76 Å². The van der Waals surface area contributed by atoms with E-state index in [2.05, 4.69) is 17.5 Å². The van der Waals surface area contributed by atoms with E-state index in [4.69, 9.17) is 4.74 Å². The molecule has 110 valence electrons. The van der Waals surface area contributed by atoms with Gasteiger partial charge < -0.3 is 0 Å². The summed E-state index contributed by atoms with van der Waals surface area (Å²) in [5.41, 5.74) is 1.81. The number of benzene rings is 1. The van der Waals surface area contributed by atoms with Crippen LogP contribution in [-0.2, 0) is 9.53 Å². The van der Waals surface area contributed by atoms with Crippen LogP contribution in [0.2, 0.25) is 5.32 Å². The zero-order chi connectivity index (χ0) is 15.1. The number of carbonyl (C=O) groups is 2. The minimum absolute atomic E-state index is 0.00926. The molecule has 2 aromatic rings. The standard InChI is InChI=1S/C17H12O3SSe/c18-15-11-4-1-2-5-12(11)17-13(16(15)19)8-10(20-17)9-22-14-6-3-7-21-14/h1-7,10H,8-9H2. The molecule has 0 bridgehead atoms. The Morgan fingerprint density at radius 3 is 2.68 bits per heavy atom. The summed E-state index contributed by atoms with van der Waals surface area (Å²) >= 11 is 2.11. The summed E-state index contributed by atoms with van der Waals surface area (Å²) in [6, 6.07) is 11.4. The quantitative estimate of drug-likeness (QED) is 0.612. The van der Waals surface area contributed by atoms with Gasteiger partial charge in [-0.05, 0) is 0 Å². The van der Waals surface area contributed by atoms with Crippen LogP contribution in [0.1, 0.15) is 22.3 Å². The third kappa shape index (κ3) is 2.26. The maximum absolute atomic E-state index is 12.3. The van der Waals surface area contributed by atoms with Crippen molar-refractivity contribution in [1.82, 2.24) is 0 Å². The third-order valence-corrected chi connectivity index (χ3v) is 7.69. The average Bonchev–Trinajstić information content (AvgIpc) is 3.20. The second-order valence-corrected chi connectivity index (χ2v) is 8.96. The van der Waals surface area contributed by atoms with Crippen molar-refractivity contribution in [2.45, 2.75) is 17.8 Å². The topological polar surface area (TPSA) is 43.4 Å². The van der Waals surface area contributed by atoms with Gasteiger partial charge >= 0.3 is 138 Å². The number of hydrogen-bond acceptors (Lipinski definition) is 4. The molecule has 1 atom stereocenters. The number of rotatable bonds is 3. The zero-order valence-corrected chi connectivity index (χ0v) is 14.1. The van der Waals surface area contributed by atoms with Crippen molar-refractivity contribution < 1.29 is 14.3 Å². The molecule has 5 heteroatoms. The van der Waals surface area contributed by atoms with E-state index in [-0.39, 0.29) is 11.9 Å². The molecule has 1 aliphatic heterocycles. The van der Waals surface area contributed by atoms with Crippen molar-refractivity contribution in [3.63, 3.8) is 0 Å². The molecule has 0 N–H and O–H groups in total. The molecule has 22 heavy (non-hydrogen) atoms. The Labute approximate surface area is 138 Å². The van der Waals surface area contributed by atoms with Crippen LogP contribution < -0.4 is 3.78 Å². The molecule has 0 radical (unpaired) electrons. The summed E-state index contributed by atoms with van der Waals surface area (Å²) in [4.78, 5) is 24.4. The number of fused-ring (bicyclic) bond motifs is 2. The summed E-state index contributed by atoms with van der Waals surface area (Å²) in [6.45, 7) is 0. The van der Waals surface area contributed by atoms with Gasteiger partial charge in [0.25, 0.3) is 0 Å². The molecule has 1 aliphatic carbocycles. The van der Waals surface area contributed by atoms with E-state index in [1.54, 1.807) is 23.5 Å². The van der Waals surface area contributed by atoms with Crippen LogP contribution >= 0.6 is 11.3 Å². The molecular formula is C17H12O3SSe. The van der Waals surface area contributed by atoms with Crippen LogP contribution in [0.5, 0.6) is 0 Å². The normalized spacial score (nSPS) is 19.9. The molecule has 0 spiro atoms. The first-order valence-electron chi connectivity index (χ1n) is 6.98. The molecule has 0 amide bonds. The summed E-state index contributed by atoms with van der Waals surface area (Å²) in [5, 5.41) is 3.00. The number of Topliss-reactive ketones (excluding diaryl/α,β-unsaturated/α-hetero) is 2. The molecule has 2 aliphatic rings. The van der Waals surface area contributed by atoms with Crippen molar-refractivity contribution in [3.8, 4) is 0 Å². The van der Waals surface area contributed by atoms with Crippen LogP contribution in [0.4, 0.5) is 0 Å². The number of thiophene rings is 1.